The highest BCUT2D eigenvalue weighted by Gasteiger charge is 2.36. The number of aromatic nitrogens is 1. The van der Waals surface area contributed by atoms with Crippen molar-refractivity contribution in [3.05, 3.63) is 118 Å². The van der Waals surface area contributed by atoms with Gasteiger partial charge in [0, 0.05) is 40.6 Å². The third kappa shape index (κ3) is 6.35. The van der Waals surface area contributed by atoms with Crippen molar-refractivity contribution in [2.24, 2.45) is 4.99 Å². The van der Waals surface area contributed by atoms with Crippen LogP contribution < -0.4 is 24.4 Å². The number of methoxy groups -OCH3 is 2. The average Bonchev–Trinajstić information content (AvgIpc) is 3.35. The molecule has 0 saturated heterocycles. The van der Waals surface area contributed by atoms with E-state index in [1.54, 1.807) is 49.3 Å². The Morgan fingerprint density at radius 1 is 1.07 bits per heavy atom. The number of non-ortho nitro benzene ring substituents is 1. The summed E-state index contributed by atoms with van der Waals surface area (Å²) in [5, 5.41) is 11.7. The van der Waals surface area contributed by atoms with Crippen LogP contribution in [0, 0.1) is 17.0 Å². The summed E-state index contributed by atoms with van der Waals surface area (Å²) in [7, 11) is 3.08. The summed E-state index contributed by atoms with van der Waals surface area (Å²) in [6, 6.07) is 17.0. The summed E-state index contributed by atoms with van der Waals surface area (Å²) in [6.07, 6.45) is 1.67. The van der Waals surface area contributed by atoms with Crippen molar-refractivity contribution in [1.82, 2.24) is 9.47 Å². The van der Waals surface area contributed by atoms with Gasteiger partial charge in [-0.05, 0) is 75.7 Å². The molecular formula is C34H34N4O6S2. The Labute approximate surface area is 274 Å². The van der Waals surface area contributed by atoms with Gasteiger partial charge in [-0.25, -0.2) is 4.99 Å². The fraction of sp³-hybridized carbons (Fsp3) is 0.265. The van der Waals surface area contributed by atoms with Gasteiger partial charge >= 0.3 is 0 Å². The molecule has 0 unspecified atom stereocenters. The number of nitrogens with zero attached hydrogens (tertiary/aromatic N) is 4. The van der Waals surface area contributed by atoms with Gasteiger partial charge < -0.3 is 14.4 Å². The van der Waals surface area contributed by atoms with Crippen LogP contribution in [-0.4, -0.2) is 47.6 Å². The number of rotatable bonds is 10. The SMILES string of the molecule is CCN(CC)C(=O)C1=C(C)N=c2s/c(=C\c3cc([N+](=O)[O-])ccc3Sc3ccc(C)cc3)c(=O)n2[C@@H]1c1cc(OC)ccc1OC. The molecule has 1 aliphatic rings. The summed E-state index contributed by atoms with van der Waals surface area (Å²) < 4.78 is 13.1. The first-order valence-electron chi connectivity index (χ1n) is 14.7. The Morgan fingerprint density at radius 3 is 2.41 bits per heavy atom. The molecule has 0 radical (unpaired) electrons. The number of hydrogen-bond donors (Lipinski definition) is 0. The zero-order valence-electron chi connectivity index (χ0n) is 26.4. The number of allylic oxidation sites excluding steroid dienone is 1. The normalized spacial score (nSPS) is 14.5. The third-order valence-corrected chi connectivity index (χ3v) is 9.86. The molecule has 1 aliphatic heterocycles. The maximum absolute atomic E-state index is 14.4. The molecule has 4 aromatic rings. The zero-order chi connectivity index (χ0) is 33.1. The topological polar surface area (TPSA) is 116 Å². The van der Waals surface area contributed by atoms with Gasteiger partial charge in [-0.3, -0.25) is 24.3 Å². The Balaban J connectivity index is 1.76. The molecule has 2 heterocycles. The van der Waals surface area contributed by atoms with E-state index in [1.807, 2.05) is 45.0 Å². The predicted octanol–water partition coefficient (Wildman–Crippen LogP) is 5.49. The Bertz CT molecular complexity index is 2030. The number of carbonyl (C=O) groups is 1. The first kappa shape index (κ1) is 32.7. The van der Waals surface area contributed by atoms with Gasteiger partial charge in [0.2, 0.25) is 0 Å². The summed E-state index contributed by atoms with van der Waals surface area (Å²) >= 11 is 2.62. The number of amides is 1. The first-order valence-corrected chi connectivity index (χ1v) is 16.3. The van der Waals surface area contributed by atoms with E-state index >= 15 is 0 Å². The number of nitro groups is 1. The monoisotopic (exact) mass is 658 g/mol. The minimum absolute atomic E-state index is 0.0887. The van der Waals surface area contributed by atoms with Crippen molar-refractivity contribution in [1.29, 1.82) is 0 Å². The highest BCUT2D eigenvalue weighted by molar-refractivity contribution is 7.99. The summed E-state index contributed by atoms with van der Waals surface area (Å²) in [5.41, 5.74) is 2.60. The minimum atomic E-state index is -0.858. The summed E-state index contributed by atoms with van der Waals surface area (Å²) in [6.45, 7) is 8.53. The number of benzene rings is 3. The van der Waals surface area contributed by atoms with E-state index in [1.165, 1.54) is 46.9 Å². The number of ether oxygens (including phenoxy) is 2. The van der Waals surface area contributed by atoms with Crippen LogP contribution in [0.15, 0.2) is 91.5 Å². The van der Waals surface area contributed by atoms with E-state index in [4.69, 9.17) is 14.5 Å². The molecule has 0 spiro atoms. The van der Waals surface area contributed by atoms with Gasteiger partial charge in [-0.1, -0.05) is 40.8 Å². The van der Waals surface area contributed by atoms with Gasteiger partial charge in [0.15, 0.2) is 4.80 Å². The van der Waals surface area contributed by atoms with E-state index in [9.17, 15) is 19.7 Å². The van der Waals surface area contributed by atoms with Crippen LogP contribution in [0.2, 0.25) is 0 Å². The summed E-state index contributed by atoms with van der Waals surface area (Å²) in [5.74, 6) is 0.790. The van der Waals surface area contributed by atoms with Crippen LogP contribution in [0.5, 0.6) is 11.5 Å². The van der Waals surface area contributed by atoms with Crippen molar-refractivity contribution in [3.8, 4) is 11.5 Å². The van der Waals surface area contributed by atoms with E-state index < -0.39 is 11.0 Å². The number of hydrogen-bond acceptors (Lipinski definition) is 9. The highest BCUT2D eigenvalue weighted by Crippen LogP contribution is 2.38. The standard InChI is InChI=1S/C34H34N4O6S2/c1-7-36(8-2)33(40)30-21(4)35-34-37(31(30)26-19-24(43-5)12-15-27(26)44-6)32(39)29(46-34)18-22-17-23(38(41)42)11-16-28(22)45-25-13-9-20(3)10-14-25/h9-19,31H,7-8H2,1-6H3/b29-18-/t31-/m1/s1. The number of fused-ring (bicyclic) bond motifs is 1. The van der Waals surface area contributed by atoms with E-state index in [0.717, 1.165) is 15.4 Å². The largest absolute Gasteiger partial charge is 0.497 e. The zero-order valence-corrected chi connectivity index (χ0v) is 28.0. The van der Waals surface area contributed by atoms with Gasteiger partial charge in [0.25, 0.3) is 17.2 Å². The molecule has 238 valence electrons. The Hall–Kier alpha value is -4.68. The molecule has 46 heavy (non-hydrogen) atoms. The number of nitro benzene ring substituents is 1. The molecule has 12 heteroatoms. The predicted molar refractivity (Wildman–Crippen MR) is 180 cm³/mol. The Kier molecular flexibility index (Phi) is 9.78. The lowest BCUT2D eigenvalue weighted by molar-refractivity contribution is -0.384. The lowest BCUT2D eigenvalue weighted by Gasteiger charge is -2.30. The van der Waals surface area contributed by atoms with Gasteiger partial charge in [0.05, 0.1) is 34.9 Å². The molecular weight excluding hydrogens is 625 g/mol. The van der Waals surface area contributed by atoms with Crippen molar-refractivity contribution < 1.29 is 19.2 Å². The quantitative estimate of drug-likeness (QED) is 0.164. The van der Waals surface area contributed by atoms with E-state index in [0.29, 0.717) is 56.3 Å². The number of thiazole rings is 1. The maximum atomic E-state index is 14.4. The molecule has 1 aromatic heterocycles. The van der Waals surface area contributed by atoms with Crippen molar-refractivity contribution in [3.63, 3.8) is 0 Å². The molecule has 0 fully saturated rings. The second-order valence-electron chi connectivity index (χ2n) is 10.6. The molecule has 1 amide bonds. The van der Waals surface area contributed by atoms with E-state index in [2.05, 4.69) is 0 Å². The van der Waals surface area contributed by atoms with Gasteiger partial charge in [0.1, 0.15) is 17.5 Å². The number of aryl methyl sites for hydroxylation is 1. The van der Waals surface area contributed by atoms with Crippen LogP contribution in [0.3, 0.4) is 0 Å². The fourth-order valence-corrected chi connectivity index (χ4v) is 7.29. The second-order valence-corrected chi connectivity index (χ2v) is 12.7. The molecule has 5 rings (SSSR count). The van der Waals surface area contributed by atoms with Crippen molar-refractivity contribution >= 4 is 40.8 Å². The lowest BCUT2D eigenvalue weighted by Crippen LogP contribution is -2.43. The smallest absolute Gasteiger partial charge is 0.271 e. The molecule has 0 saturated carbocycles. The molecule has 1 atom stereocenters. The summed E-state index contributed by atoms with van der Waals surface area (Å²) in [4.78, 5) is 48.2. The molecule has 10 nitrogen and oxygen atoms in total. The molecule has 0 aliphatic carbocycles. The van der Waals surface area contributed by atoms with Crippen LogP contribution >= 0.6 is 23.1 Å². The second kappa shape index (κ2) is 13.8. The van der Waals surface area contributed by atoms with Crippen LogP contribution in [0.25, 0.3) is 6.08 Å². The van der Waals surface area contributed by atoms with Crippen LogP contribution in [-0.2, 0) is 4.79 Å². The van der Waals surface area contributed by atoms with Crippen LogP contribution in [0.4, 0.5) is 5.69 Å². The number of carbonyl (C=O) groups excluding carboxylic acids is 1. The first-order chi connectivity index (χ1) is 22.1. The van der Waals surface area contributed by atoms with Gasteiger partial charge in [-0.15, -0.1) is 0 Å². The van der Waals surface area contributed by atoms with Gasteiger partial charge in [-0.2, -0.15) is 0 Å². The van der Waals surface area contributed by atoms with Crippen molar-refractivity contribution in [2.45, 2.75) is 43.5 Å². The van der Waals surface area contributed by atoms with Crippen LogP contribution in [0.1, 0.15) is 43.5 Å². The lowest BCUT2D eigenvalue weighted by atomic mass is 9.93. The van der Waals surface area contributed by atoms with Crippen molar-refractivity contribution in [2.75, 3.05) is 27.3 Å². The average molecular weight is 659 g/mol. The molecule has 0 N–H and O–H groups in total. The Morgan fingerprint density at radius 2 is 1.78 bits per heavy atom. The minimum Gasteiger partial charge on any atom is -0.497 e. The third-order valence-electron chi connectivity index (χ3n) is 7.77. The maximum Gasteiger partial charge on any atom is 0.271 e. The highest BCUT2D eigenvalue weighted by atomic mass is 32.2. The number of likely N-dealkylation sites (N-methyl/N-ethyl adjacent to an activating group) is 1. The fourth-order valence-electron chi connectivity index (χ4n) is 5.35. The molecule has 0 bridgehead atoms. The van der Waals surface area contributed by atoms with E-state index in [-0.39, 0.29) is 17.2 Å². The molecule has 3 aromatic carbocycles.